The molecule has 0 aromatic heterocycles. The zero-order valence-electron chi connectivity index (χ0n) is 15.4. The molecule has 2 atom stereocenters. The smallest absolute Gasteiger partial charge is 0.255 e. The van der Waals surface area contributed by atoms with E-state index in [-0.39, 0.29) is 17.2 Å². The highest BCUT2D eigenvalue weighted by molar-refractivity contribution is 7.99. The summed E-state index contributed by atoms with van der Waals surface area (Å²) in [4.78, 5) is 27.8. The molecule has 2 aromatic rings. The van der Waals surface area contributed by atoms with Crippen LogP contribution in [0, 0.1) is 5.92 Å². The number of benzene rings is 2. The molecule has 2 unspecified atom stereocenters. The number of hydrogen-bond acceptors (Lipinski definition) is 3. The predicted octanol–water partition coefficient (Wildman–Crippen LogP) is 4.37. The summed E-state index contributed by atoms with van der Waals surface area (Å²) in [5.74, 6) is 0.615. The average Bonchev–Trinajstić information content (AvgIpc) is 3.11. The Balaban J connectivity index is 1.93. The van der Waals surface area contributed by atoms with Crippen LogP contribution in [0.1, 0.15) is 35.1 Å². The lowest BCUT2D eigenvalue weighted by Gasteiger charge is -2.29. The molecule has 1 N–H and O–H groups in total. The molecule has 0 saturated carbocycles. The van der Waals surface area contributed by atoms with Gasteiger partial charge in [-0.25, -0.2) is 0 Å². The molecule has 1 aliphatic rings. The third-order valence-electron chi connectivity index (χ3n) is 4.41. The van der Waals surface area contributed by atoms with Gasteiger partial charge in [0.2, 0.25) is 5.91 Å². The number of nitrogens with one attached hydrogen (secondary N) is 1. The van der Waals surface area contributed by atoms with E-state index < -0.39 is 6.04 Å². The van der Waals surface area contributed by atoms with Crippen molar-refractivity contribution >= 4 is 35.2 Å². The van der Waals surface area contributed by atoms with Crippen LogP contribution in [0.15, 0.2) is 54.6 Å². The number of amides is 2. The van der Waals surface area contributed by atoms with Crippen LogP contribution in [0.2, 0.25) is 5.02 Å². The number of halogens is 1. The second-order valence-corrected chi connectivity index (χ2v) is 8.46. The Bertz CT molecular complexity index is 813. The fourth-order valence-corrected chi connectivity index (χ4v) is 4.79. The van der Waals surface area contributed by atoms with E-state index in [0.29, 0.717) is 28.8 Å². The largest absolute Gasteiger partial charge is 0.354 e. The minimum atomic E-state index is -0.525. The average molecular weight is 403 g/mol. The van der Waals surface area contributed by atoms with Gasteiger partial charge in [0.1, 0.15) is 11.4 Å². The Morgan fingerprint density at radius 1 is 1.15 bits per heavy atom. The summed E-state index contributed by atoms with van der Waals surface area (Å²) >= 11 is 7.97. The maximum atomic E-state index is 13.3. The third-order valence-corrected chi connectivity index (χ3v) is 6.06. The van der Waals surface area contributed by atoms with Crippen molar-refractivity contribution in [3.05, 3.63) is 70.7 Å². The van der Waals surface area contributed by atoms with Gasteiger partial charge in [0.05, 0.1) is 0 Å². The Hall–Kier alpha value is -1.98. The third kappa shape index (κ3) is 4.47. The van der Waals surface area contributed by atoms with E-state index in [1.54, 1.807) is 28.8 Å². The Kier molecular flexibility index (Phi) is 6.45. The minimum Gasteiger partial charge on any atom is -0.354 e. The van der Waals surface area contributed by atoms with Crippen molar-refractivity contribution in [1.29, 1.82) is 0 Å². The van der Waals surface area contributed by atoms with Crippen molar-refractivity contribution in [2.24, 2.45) is 5.92 Å². The summed E-state index contributed by atoms with van der Waals surface area (Å²) in [6.07, 6.45) is 0. The SMILES string of the molecule is CC(C)CNC(=O)C1CSC(c2ccccc2Cl)N1C(=O)c1ccccc1. The van der Waals surface area contributed by atoms with Crippen molar-refractivity contribution in [3.63, 3.8) is 0 Å². The van der Waals surface area contributed by atoms with Crippen LogP contribution in [0.4, 0.5) is 0 Å². The molecule has 6 heteroatoms. The van der Waals surface area contributed by atoms with Crippen LogP contribution < -0.4 is 5.32 Å². The van der Waals surface area contributed by atoms with E-state index in [0.717, 1.165) is 5.56 Å². The monoisotopic (exact) mass is 402 g/mol. The Morgan fingerprint density at radius 2 is 1.81 bits per heavy atom. The lowest BCUT2D eigenvalue weighted by molar-refractivity contribution is -0.125. The van der Waals surface area contributed by atoms with E-state index in [1.807, 2.05) is 56.3 Å². The van der Waals surface area contributed by atoms with Crippen molar-refractivity contribution in [2.75, 3.05) is 12.3 Å². The molecular weight excluding hydrogens is 380 g/mol. The quantitative estimate of drug-likeness (QED) is 0.807. The summed E-state index contributed by atoms with van der Waals surface area (Å²) in [6.45, 7) is 4.68. The molecule has 2 amide bonds. The van der Waals surface area contributed by atoms with Gasteiger partial charge in [-0.2, -0.15) is 0 Å². The highest BCUT2D eigenvalue weighted by Crippen LogP contribution is 2.44. The fourth-order valence-electron chi connectivity index (χ4n) is 3.02. The van der Waals surface area contributed by atoms with Crippen LogP contribution in [-0.2, 0) is 4.79 Å². The predicted molar refractivity (Wildman–Crippen MR) is 111 cm³/mol. The van der Waals surface area contributed by atoms with Crippen LogP contribution in [0.5, 0.6) is 0 Å². The number of nitrogens with zero attached hydrogens (tertiary/aromatic N) is 1. The van der Waals surface area contributed by atoms with Crippen LogP contribution >= 0.6 is 23.4 Å². The number of carbonyl (C=O) groups excluding carboxylic acids is 2. The van der Waals surface area contributed by atoms with Gasteiger partial charge in [-0.3, -0.25) is 9.59 Å². The zero-order chi connectivity index (χ0) is 19.4. The Labute approximate surface area is 169 Å². The maximum Gasteiger partial charge on any atom is 0.255 e. The summed E-state index contributed by atoms with van der Waals surface area (Å²) in [7, 11) is 0. The first-order chi connectivity index (χ1) is 13.0. The summed E-state index contributed by atoms with van der Waals surface area (Å²) in [5, 5.41) is 3.28. The van der Waals surface area contributed by atoms with Gasteiger partial charge >= 0.3 is 0 Å². The Morgan fingerprint density at radius 3 is 2.48 bits per heavy atom. The first kappa shape index (κ1) is 19.8. The van der Waals surface area contributed by atoms with Crippen molar-refractivity contribution < 1.29 is 9.59 Å². The van der Waals surface area contributed by atoms with E-state index >= 15 is 0 Å². The molecule has 3 rings (SSSR count). The van der Waals surface area contributed by atoms with Crippen molar-refractivity contribution in [2.45, 2.75) is 25.3 Å². The summed E-state index contributed by atoms with van der Waals surface area (Å²) in [5.41, 5.74) is 1.42. The zero-order valence-corrected chi connectivity index (χ0v) is 17.0. The molecule has 1 fully saturated rings. The topological polar surface area (TPSA) is 49.4 Å². The second-order valence-electron chi connectivity index (χ2n) is 6.94. The minimum absolute atomic E-state index is 0.116. The lowest BCUT2D eigenvalue weighted by atomic mass is 10.1. The summed E-state index contributed by atoms with van der Waals surface area (Å²) < 4.78 is 0. The molecule has 4 nitrogen and oxygen atoms in total. The first-order valence-electron chi connectivity index (χ1n) is 9.00. The van der Waals surface area contributed by atoms with Gasteiger partial charge in [-0.15, -0.1) is 11.8 Å². The molecule has 142 valence electrons. The van der Waals surface area contributed by atoms with Crippen molar-refractivity contribution in [1.82, 2.24) is 10.2 Å². The lowest BCUT2D eigenvalue weighted by Crippen LogP contribution is -2.48. The van der Waals surface area contributed by atoms with Gasteiger partial charge in [-0.1, -0.05) is 61.8 Å². The molecule has 2 aromatic carbocycles. The molecule has 0 radical (unpaired) electrons. The maximum absolute atomic E-state index is 13.3. The normalized spacial score (nSPS) is 19.3. The van der Waals surface area contributed by atoms with E-state index in [4.69, 9.17) is 11.6 Å². The molecule has 1 heterocycles. The van der Waals surface area contributed by atoms with Crippen LogP contribution in [0.3, 0.4) is 0 Å². The molecule has 0 aliphatic carbocycles. The van der Waals surface area contributed by atoms with Gasteiger partial charge < -0.3 is 10.2 Å². The van der Waals surface area contributed by atoms with E-state index in [2.05, 4.69) is 5.32 Å². The van der Waals surface area contributed by atoms with Gasteiger partial charge in [0.15, 0.2) is 0 Å². The first-order valence-corrected chi connectivity index (χ1v) is 10.4. The number of thioether (sulfide) groups is 1. The van der Waals surface area contributed by atoms with E-state index in [9.17, 15) is 9.59 Å². The molecule has 1 saturated heterocycles. The molecule has 27 heavy (non-hydrogen) atoms. The molecule has 0 spiro atoms. The van der Waals surface area contributed by atoms with Crippen molar-refractivity contribution in [3.8, 4) is 0 Å². The number of rotatable bonds is 5. The van der Waals surface area contributed by atoms with Gasteiger partial charge in [0, 0.05) is 28.4 Å². The number of hydrogen-bond donors (Lipinski definition) is 1. The standard InChI is InChI=1S/C21H23ClN2O2S/c1-14(2)12-23-19(25)18-13-27-21(16-10-6-7-11-17(16)22)24(18)20(26)15-8-4-3-5-9-15/h3-11,14,18,21H,12-13H2,1-2H3,(H,23,25). The second kappa shape index (κ2) is 8.81. The molecule has 0 bridgehead atoms. The van der Waals surface area contributed by atoms with Crippen LogP contribution in [0.25, 0.3) is 0 Å². The highest BCUT2D eigenvalue weighted by atomic mass is 35.5. The van der Waals surface area contributed by atoms with Gasteiger partial charge in [0.25, 0.3) is 5.91 Å². The van der Waals surface area contributed by atoms with Gasteiger partial charge in [-0.05, 0) is 24.1 Å². The number of carbonyl (C=O) groups is 2. The highest BCUT2D eigenvalue weighted by Gasteiger charge is 2.43. The molecule has 1 aliphatic heterocycles. The summed E-state index contributed by atoms with van der Waals surface area (Å²) in [6, 6.07) is 16.0. The fraction of sp³-hybridized carbons (Fsp3) is 0.333. The van der Waals surface area contributed by atoms with E-state index in [1.165, 1.54) is 0 Å². The molecular formula is C21H23ClN2O2S. The van der Waals surface area contributed by atoms with Crippen LogP contribution in [-0.4, -0.2) is 35.1 Å².